The van der Waals surface area contributed by atoms with E-state index in [4.69, 9.17) is 0 Å². The highest BCUT2D eigenvalue weighted by Gasteiger charge is 2.26. The fraction of sp³-hybridized carbons (Fsp3) is 0.174. The monoisotopic (exact) mass is 414 g/mol. The lowest BCUT2D eigenvalue weighted by atomic mass is 10.0. The van der Waals surface area contributed by atoms with E-state index in [9.17, 15) is 9.18 Å². The Labute approximate surface area is 176 Å². The van der Waals surface area contributed by atoms with Crippen molar-refractivity contribution in [3.05, 3.63) is 71.9 Å². The number of benzene rings is 2. The van der Waals surface area contributed by atoms with Gasteiger partial charge in [0.25, 0.3) is 0 Å². The second kappa shape index (κ2) is 6.80. The van der Waals surface area contributed by atoms with Gasteiger partial charge in [-0.25, -0.2) is 9.37 Å². The summed E-state index contributed by atoms with van der Waals surface area (Å²) >= 11 is 0. The summed E-state index contributed by atoms with van der Waals surface area (Å²) in [7, 11) is 0. The largest absolute Gasteiger partial charge is 0.347 e. The van der Waals surface area contributed by atoms with Crippen LogP contribution >= 0.6 is 0 Å². The van der Waals surface area contributed by atoms with Crippen LogP contribution in [0.2, 0.25) is 0 Å². The molecule has 0 aliphatic carbocycles. The minimum Gasteiger partial charge on any atom is -0.347 e. The number of H-pyrrole nitrogens is 1. The highest BCUT2D eigenvalue weighted by atomic mass is 19.1. The van der Waals surface area contributed by atoms with Gasteiger partial charge in [-0.15, -0.1) is 0 Å². The standard InChI is InChI=1S/C23H19FN6O/c24-14-5-6-19-16(11-14)15-8-10-30-20(7-9-26-30)23(15)29(19)13-22(31)25-12-21-27-17-3-1-2-4-18(17)28-21/h1-7,9,11H,8,10,12-13H2,(H,25,31)(H,27,28). The topological polar surface area (TPSA) is 80.5 Å². The van der Waals surface area contributed by atoms with Crippen molar-refractivity contribution in [3.8, 4) is 11.4 Å². The van der Waals surface area contributed by atoms with Gasteiger partial charge in [-0.05, 0) is 48.4 Å². The molecule has 1 aliphatic rings. The maximum absolute atomic E-state index is 14.0. The number of nitrogens with one attached hydrogen (secondary N) is 2. The lowest BCUT2D eigenvalue weighted by molar-refractivity contribution is -0.121. The van der Waals surface area contributed by atoms with Gasteiger partial charge in [-0.2, -0.15) is 5.10 Å². The molecule has 7 nitrogen and oxygen atoms in total. The number of aryl methyl sites for hydroxylation is 2. The molecule has 31 heavy (non-hydrogen) atoms. The number of carbonyl (C=O) groups excluding carboxylic acids is 1. The van der Waals surface area contributed by atoms with Crippen LogP contribution in [0.4, 0.5) is 4.39 Å². The van der Waals surface area contributed by atoms with Gasteiger partial charge in [-0.1, -0.05) is 12.1 Å². The van der Waals surface area contributed by atoms with E-state index in [-0.39, 0.29) is 18.3 Å². The van der Waals surface area contributed by atoms with Gasteiger partial charge in [0.1, 0.15) is 18.2 Å². The molecule has 0 unspecified atom stereocenters. The van der Waals surface area contributed by atoms with E-state index in [2.05, 4.69) is 20.4 Å². The molecule has 1 aliphatic heterocycles. The average molecular weight is 414 g/mol. The molecule has 0 saturated heterocycles. The quantitative estimate of drug-likeness (QED) is 0.473. The summed E-state index contributed by atoms with van der Waals surface area (Å²) in [5, 5.41) is 8.18. The zero-order valence-electron chi connectivity index (χ0n) is 16.6. The Kier molecular flexibility index (Phi) is 3.92. The Morgan fingerprint density at radius 1 is 1.19 bits per heavy atom. The number of fused-ring (bicyclic) bond motifs is 6. The zero-order chi connectivity index (χ0) is 20.9. The first-order valence-corrected chi connectivity index (χ1v) is 10.2. The van der Waals surface area contributed by atoms with Gasteiger partial charge >= 0.3 is 0 Å². The van der Waals surface area contributed by atoms with E-state index in [0.717, 1.165) is 51.9 Å². The summed E-state index contributed by atoms with van der Waals surface area (Å²) in [6.07, 6.45) is 2.51. The third kappa shape index (κ3) is 2.91. The summed E-state index contributed by atoms with van der Waals surface area (Å²) in [4.78, 5) is 20.6. The third-order valence-corrected chi connectivity index (χ3v) is 5.86. The number of amides is 1. The van der Waals surface area contributed by atoms with Crippen LogP contribution in [0.5, 0.6) is 0 Å². The Morgan fingerprint density at radius 3 is 3.00 bits per heavy atom. The van der Waals surface area contributed by atoms with Crippen LogP contribution in [-0.2, 0) is 30.8 Å². The number of imidazole rings is 1. The Balaban J connectivity index is 1.33. The molecule has 0 saturated carbocycles. The molecular weight excluding hydrogens is 395 g/mol. The van der Waals surface area contributed by atoms with Crippen molar-refractivity contribution in [2.75, 3.05) is 0 Å². The molecule has 2 N–H and O–H groups in total. The van der Waals surface area contributed by atoms with Gasteiger partial charge in [0.15, 0.2) is 0 Å². The molecular formula is C23H19FN6O. The van der Waals surface area contributed by atoms with Crippen molar-refractivity contribution >= 4 is 27.8 Å². The predicted octanol–water partition coefficient (Wildman–Crippen LogP) is 3.39. The minimum absolute atomic E-state index is 0.128. The summed E-state index contributed by atoms with van der Waals surface area (Å²) < 4.78 is 17.9. The molecule has 6 rings (SSSR count). The molecule has 0 bridgehead atoms. The van der Waals surface area contributed by atoms with E-state index in [1.807, 2.05) is 39.6 Å². The molecule has 8 heteroatoms. The van der Waals surface area contributed by atoms with E-state index >= 15 is 0 Å². The second-order valence-corrected chi connectivity index (χ2v) is 7.74. The van der Waals surface area contributed by atoms with E-state index in [0.29, 0.717) is 12.4 Å². The van der Waals surface area contributed by atoms with Gasteiger partial charge in [0.2, 0.25) is 5.91 Å². The first kappa shape index (κ1) is 17.9. The summed E-state index contributed by atoms with van der Waals surface area (Å²) in [6.45, 7) is 1.17. The first-order valence-electron chi connectivity index (χ1n) is 10.2. The van der Waals surface area contributed by atoms with Crippen LogP contribution in [0, 0.1) is 5.82 Å². The number of halogens is 1. The normalized spacial score (nSPS) is 12.8. The summed E-state index contributed by atoms with van der Waals surface area (Å²) in [5.41, 5.74) is 5.60. The number of para-hydroxylation sites is 2. The van der Waals surface area contributed by atoms with Crippen LogP contribution in [-0.4, -0.2) is 30.2 Å². The van der Waals surface area contributed by atoms with Crippen molar-refractivity contribution < 1.29 is 9.18 Å². The molecule has 1 amide bonds. The van der Waals surface area contributed by atoms with Gasteiger partial charge in [0.05, 0.1) is 29.0 Å². The number of aromatic nitrogens is 5. The highest BCUT2D eigenvalue weighted by molar-refractivity contribution is 5.93. The van der Waals surface area contributed by atoms with Crippen LogP contribution in [0.3, 0.4) is 0 Å². The SMILES string of the molecule is O=C(Cn1c2c(c3cc(F)ccc31)CCn1nccc1-2)NCc1nc2ccccc2[nH]1. The second-order valence-electron chi connectivity index (χ2n) is 7.74. The Bertz CT molecular complexity index is 1430. The van der Waals surface area contributed by atoms with Crippen molar-refractivity contribution in [3.63, 3.8) is 0 Å². The van der Waals surface area contributed by atoms with E-state index in [1.54, 1.807) is 18.3 Å². The highest BCUT2D eigenvalue weighted by Crippen LogP contribution is 2.37. The number of aromatic amines is 1. The van der Waals surface area contributed by atoms with Gasteiger partial charge in [-0.3, -0.25) is 9.48 Å². The molecule has 0 radical (unpaired) electrons. The fourth-order valence-corrected chi connectivity index (χ4v) is 4.51. The molecule has 5 aromatic rings. The fourth-order valence-electron chi connectivity index (χ4n) is 4.51. The lowest BCUT2D eigenvalue weighted by Crippen LogP contribution is -2.28. The average Bonchev–Trinajstić information content (AvgIpc) is 3.47. The van der Waals surface area contributed by atoms with Gasteiger partial charge in [0, 0.05) is 23.6 Å². The molecule has 0 fully saturated rings. The van der Waals surface area contributed by atoms with Crippen LogP contribution < -0.4 is 5.32 Å². The van der Waals surface area contributed by atoms with E-state index in [1.165, 1.54) is 6.07 Å². The maximum atomic E-state index is 14.0. The predicted molar refractivity (Wildman–Crippen MR) is 115 cm³/mol. The molecule has 0 atom stereocenters. The number of hydrogen-bond acceptors (Lipinski definition) is 3. The van der Waals surface area contributed by atoms with Gasteiger partial charge < -0.3 is 14.9 Å². The Morgan fingerprint density at radius 2 is 2.10 bits per heavy atom. The van der Waals surface area contributed by atoms with Crippen molar-refractivity contribution in [1.82, 2.24) is 29.6 Å². The molecule has 3 aromatic heterocycles. The molecule has 0 spiro atoms. The van der Waals surface area contributed by atoms with Crippen molar-refractivity contribution in [2.45, 2.75) is 26.1 Å². The molecule has 154 valence electrons. The first-order chi connectivity index (χ1) is 15.2. The smallest absolute Gasteiger partial charge is 0.240 e. The number of hydrogen-bond donors (Lipinski definition) is 2. The number of rotatable bonds is 4. The van der Waals surface area contributed by atoms with Crippen molar-refractivity contribution in [1.29, 1.82) is 0 Å². The van der Waals surface area contributed by atoms with Crippen LogP contribution in [0.1, 0.15) is 11.4 Å². The third-order valence-electron chi connectivity index (χ3n) is 5.86. The lowest BCUT2D eigenvalue weighted by Gasteiger charge is -2.18. The van der Waals surface area contributed by atoms with Crippen LogP contribution in [0.25, 0.3) is 33.3 Å². The molecule has 4 heterocycles. The summed E-state index contributed by atoms with van der Waals surface area (Å²) in [5.74, 6) is 0.288. The summed E-state index contributed by atoms with van der Waals surface area (Å²) in [6, 6.07) is 14.4. The Hall–Kier alpha value is -3.94. The molecule has 2 aromatic carbocycles. The maximum Gasteiger partial charge on any atom is 0.240 e. The van der Waals surface area contributed by atoms with Crippen molar-refractivity contribution in [2.24, 2.45) is 0 Å². The number of nitrogens with zero attached hydrogens (tertiary/aromatic N) is 4. The van der Waals surface area contributed by atoms with E-state index < -0.39 is 0 Å². The van der Waals surface area contributed by atoms with Crippen LogP contribution in [0.15, 0.2) is 54.7 Å². The number of carbonyl (C=O) groups is 1. The minimum atomic E-state index is -0.277. The zero-order valence-corrected chi connectivity index (χ0v) is 16.6.